The van der Waals surface area contributed by atoms with Gasteiger partial charge in [0, 0.05) is 19.6 Å². The summed E-state index contributed by atoms with van der Waals surface area (Å²) in [5.41, 5.74) is 5.49. The fourth-order valence-corrected chi connectivity index (χ4v) is 1.91. The summed E-state index contributed by atoms with van der Waals surface area (Å²) in [5, 5.41) is 2.45. The largest absolute Gasteiger partial charge is 0.492 e. The van der Waals surface area contributed by atoms with Gasteiger partial charge in [0.1, 0.15) is 12.4 Å². The molecule has 0 spiro atoms. The van der Waals surface area contributed by atoms with Crippen molar-refractivity contribution in [3.8, 4) is 5.75 Å². The molecule has 0 saturated heterocycles. The minimum atomic E-state index is 0.687. The molecule has 0 saturated carbocycles. The quantitative estimate of drug-likeness (QED) is 0.846. The van der Waals surface area contributed by atoms with Gasteiger partial charge in [-0.15, -0.1) is 0 Å². The highest BCUT2D eigenvalue weighted by Gasteiger charge is 1.99. The Morgan fingerprint density at radius 3 is 2.61 bits per heavy atom. The summed E-state index contributed by atoms with van der Waals surface area (Å²) >= 11 is 0. The summed E-state index contributed by atoms with van der Waals surface area (Å²) in [6.45, 7) is 3.17. The second-order valence-corrected chi connectivity index (χ2v) is 4.45. The summed E-state index contributed by atoms with van der Waals surface area (Å²) in [6.07, 6.45) is 0. The van der Waals surface area contributed by atoms with Gasteiger partial charge >= 0.3 is 0 Å². The molecule has 0 bridgehead atoms. The van der Waals surface area contributed by atoms with Crippen LogP contribution in [0.4, 0.5) is 0 Å². The molecule has 96 valence electrons. The first-order chi connectivity index (χ1) is 8.79. The zero-order chi connectivity index (χ0) is 12.8. The first kappa shape index (κ1) is 12.9. The van der Waals surface area contributed by atoms with Crippen LogP contribution in [0.15, 0.2) is 42.5 Å². The van der Waals surface area contributed by atoms with E-state index >= 15 is 0 Å². The van der Waals surface area contributed by atoms with Gasteiger partial charge < -0.3 is 15.4 Å². The molecule has 0 unspecified atom stereocenters. The van der Waals surface area contributed by atoms with E-state index in [9.17, 15) is 0 Å². The Morgan fingerprint density at radius 2 is 1.83 bits per heavy atom. The van der Waals surface area contributed by atoms with E-state index in [1.807, 2.05) is 18.2 Å². The van der Waals surface area contributed by atoms with Gasteiger partial charge in [-0.05, 0) is 30.0 Å². The number of nitrogens with two attached hydrogens (primary N) is 1. The van der Waals surface area contributed by atoms with Gasteiger partial charge in [0.25, 0.3) is 0 Å². The van der Waals surface area contributed by atoms with Gasteiger partial charge in [-0.25, -0.2) is 0 Å². The molecule has 0 heterocycles. The van der Waals surface area contributed by atoms with Gasteiger partial charge in [-0.2, -0.15) is 0 Å². The topological polar surface area (TPSA) is 38.5 Å². The van der Waals surface area contributed by atoms with Crippen LogP contribution in [0.1, 0.15) is 0 Å². The minimum Gasteiger partial charge on any atom is -0.492 e. The maximum Gasteiger partial charge on any atom is 0.120 e. The van der Waals surface area contributed by atoms with E-state index in [1.54, 1.807) is 0 Å². The van der Waals surface area contributed by atoms with E-state index in [4.69, 9.17) is 10.5 Å². The van der Waals surface area contributed by atoms with Crippen LogP contribution in [-0.2, 0) is 0 Å². The van der Waals surface area contributed by atoms with Crippen LogP contribution in [0.5, 0.6) is 5.75 Å². The van der Waals surface area contributed by atoms with Gasteiger partial charge in [0.15, 0.2) is 0 Å². The van der Waals surface area contributed by atoms with Crippen molar-refractivity contribution in [1.82, 2.24) is 4.90 Å². The minimum absolute atomic E-state index is 0.687. The van der Waals surface area contributed by atoms with Crippen molar-refractivity contribution in [2.45, 2.75) is 0 Å². The van der Waals surface area contributed by atoms with E-state index in [0.29, 0.717) is 13.2 Å². The lowest BCUT2D eigenvalue weighted by Crippen LogP contribution is -2.29. The molecule has 0 radical (unpaired) electrons. The molecule has 0 amide bonds. The standard InChI is InChI=1S/C15H20N2O/c1-17(9-8-16)10-11-18-15-7-6-13-4-2-3-5-14(13)12-15/h2-7,12H,8-11,16H2,1H3. The number of benzene rings is 2. The van der Waals surface area contributed by atoms with Gasteiger partial charge in [-0.3, -0.25) is 0 Å². The Kier molecular flexibility index (Phi) is 4.56. The molecule has 0 aliphatic carbocycles. The molecule has 18 heavy (non-hydrogen) atoms. The maximum atomic E-state index is 5.75. The van der Waals surface area contributed by atoms with Gasteiger partial charge in [0.05, 0.1) is 0 Å². The third-order valence-electron chi connectivity index (χ3n) is 2.97. The van der Waals surface area contributed by atoms with Crippen molar-refractivity contribution in [1.29, 1.82) is 0 Å². The number of ether oxygens (including phenoxy) is 1. The van der Waals surface area contributed by atoms with E-state index in [2.05, 4.69) is 36.2 Å². The van der Waals surface area contributed by atoms with Crippen LogP contribution in [0.25, 0.3) is 10.8 Å². The van der Waals surface area contributed by atoms with Crippen LogP contribution < -0.4 is 10.5 Å². The normalized spacial score (nSPS) is 11.1. The third-order valence-corrected chi connectivity index (χ3v) is 2.97. The number of fused-ring (bicyclic) bond motifs is 1. The fourth-order valence-electron chi connectivity index (χ4n) is 1.91. The number of rotatable bonds is 6. The first-order valence-corrected chi connectivity index (χ1v) is 6.30. The molecule has 0 aliphatic rings. The van der Waals surface area contributed by atoms with Crippen molar-refractivity contribution < 1.29 is 4.74 Å². The second-order valence-electron chi connectivity index (χ2n) is 4.45. The van der Waals surface area contributed by atoms with Crippen LogP contribution in [0.2, 0.25) is 0 Å². The first-order valence-electron chi connectivity index (χ1n) is 6.30. The maximum absolute atomic E-state index is 5.75. The lowest BCUT2D eigenvalue weighted by molar-refractivity contribution is 0.241. The fraction of sp³-hybridized carbons (Fsp3) is 0.333. The van der Waals surface area contributed by atoms with Crippen molar-refractivity contribution >= 4 is 10.8 Å². The van der Waals surface area contributed by atoms with Crippen LogP contribution in [-0.4, -0.2) is 38.2 Å². The van der Waals surface area contributed by atoms with Gasteiger partial charge in [-0.1, -0.05) is 30.3 Å². The highest BCUT2D eigenvalue weighted by Crippen LogP contribution is 2.20. The smallest absolute Gasteiger partial charge is 0.120 e. The Morgan fingerprint density at radius 1 is 1.06 bits per heavy atom. The monoisotopic (exact) mass is 244 g/mol. The Hall–Kier alpha value is -1.58. The van der Waals surface area contributed by atoms with E-state index in [0.717, 1.165) is 18.8 Å². The number of hydrogen-bond donors (Lipinski definition) is 1. The molecular weight excluding hydrogens is 224 g/mol. The molecule has 0 aromatic heterocycles. The van der Waals surface area contributed by atoms with Crippen LogP contribution >= 0.6 is 0 Å². The van der Waals surface area contributed by atoms with E-state index < -0.39 is 0 Å². The summed E-state index contributed by atoms with van der Waals surface area (Å²) in [5.74, 6) is 0.926. The SMILES string of the molecule is CN(CCN)CCOc1ccc2ccccc2c1. The van der Waals surface area contributed by atoms with E-state index in [1.165, 1.54) is 10.8 Å². The molecule has 0 atom stereocenters. The molecule has 3 heteroatoms. The lowest BCUT2D eigenvalue weighted by atomic mass is 10.1. The average molecular weight is 244 g/mol. The van der Waals surface area contributed by atoms with Gasteiger partial charge in [0.2, 0.25) is 0 Å². The molecule has 2 N–H and O–H groups in total. The number of likely N-dealkylation sites (N-methyl/N-ethyl adjacent to an activating group) is 1. The Bertz CT molecular complexity index is 499. The summed E-state index contributed by atoms with van der Waals surface area (Å²) in [7, 11) is 2.05. The predicted molar refractivity (Wildman–Crippen MR) is 76.0 cm³/mol. The van der Waals surface area contributed by atoms with Crippen molar-refractivity contribution in [2.24, 2.45) is 5.73 Å². The van der Waals surface area contributed by atoms with Crippen molar-refractivity contribution in [3.05, 3.63) is 42.5 Å². The number of hydrogen-bond acceptors (Lipinski definition) is 3. The Labute approximate surface area is 108 Å². The highest BCUT2D eigenvalue weighted by molar-refractivity contribution is 5.83. The second kappa shape index (κ2) is 6.38. The molecule has 0 aliphatic heterocycles. The summed E-state index contributed by atoms with van der Waals surface area (Å²) in [6, 6.07) is 14.5. The zero-order valence-corrected chi connectivity index (χ0v) is 10.8. The van der Waals surface area contributed by atoms with Crippen LogP contribution in [0, 0.1) is 0 Å². The van der Waals surface area contributed by atoms with Crippen molar-refractivity contribution in [3.63, 3.8) is 0 Å². The Balaban J connectivity index is 1.91. The molecule has 2 aromatic rings. The summed E-state index contributed by atoms with van der Waals surface area (Å²) in [4.78, 5) is 2.17. The van der Waals surface area contributed by atoms with E-state index in [-0.39, 0.29) is 0 Å². The number of nitrogens with zero attached hydrogens (tertiary/aromatic N) is 1. The third kappa shape index (κ3) is 3.45. The zero-order valence-electron chi connectivity index (χ0n) is 10.8. The molecular formula is C15H20N2O. The molecule has 2 aromatic carbocycles. The lowest BCUT2D eigenvalue weighted by Gasteiger charge is -2.15. The predicted octanol–water partition coefficient (Wildman–Crippen LogP) is 2.11. The highest BCUT2D eigenvalue weighted by atomic mass is 16.5. The van der Waals surface area contributed by atoms with Crippen LogP contribution in [0.3, 0.4) is 0 Å². The average Bonchev–Trinajstić information content (AvgIpc) is 2.39. The molecule has 3 nitrogen and oxygen atoms in total. The molecule has 2 rings (SSSR count). The van der Waals surface area contributed by atoms with Crippen molar-refractivity contribution in [2.75, 3.05) is 33.3 Å². The molecule has 0 fully saturated rings. The summed E-state index contributed by atoms with van der Waals surface area (Å²) < 4.78 is 5.75.